The zero-order valence-electron chi connectivity index (χ0n) is 17.1. The predicted molar refractivity (Wildman–Crippen MR) is 114 cm³/mol. The van der Waals surface area contributed by atoms with Gasteiger partial charge in [0.1, 0.15) is 5.82 Å². The van der Waals surface area contributed by atoms with E-state index in [-0.39, 0.29) is 17.6 Å². The van der Waals surface area contributed by atoms with Crippen molar-refractivity contribution in [2.24, 2.45) is 0 Å². The molecule has 156 valence electrons. The Morgan fingerprint density at radius 3 is 2.38 bits per heavy atom. The minimum Gasteiger partial charge on any atom is -0.372 e. The van der Waals surface area contributed by atoms with Crippen molar-refractivity contribution in [1.82, 2.24) is 25.6 Å². The summed E-state index contributed by atoms with van der Waals surface area (Å²) in [6.45, 7) is 8.82. The molecule has 2 amide bonds. The third kappa shape index (κ3) is 5.29. The fourth-order valence-electron chi connectivity index (χ4n) is 3.12. The minimum absolute atomic E-state index is 0.157. The number of thioether (sulfide) groups is 1. The molecule has 1 heterocycles. The summed E-state index contributed by atoms with van der Waals surface area (Å²) in [5, 5.41) is 9.20. The zero-order valence-corrected chi connectivity index (χ0v) is 18.0. The van der Waals surface area contributed by atoms with Crippen LogP contribution in [-0.4, -0.2) is 45.4 Å². The van der Waals surface area contributed by atoms with Crippen LogP contribution in [0, 0.1) is 0 Å². The molecule has 0 unspecified atom stereocenters. The highest BCUT2D eigenvalue weighted by Gasteiger charge is 2.30. The standard InChI is InChI=1S/C20H28N6O2S/c1-4-25(5-2)16-11-9-15(10-12-16)19(28)23-21-17(27)13-29-20-24-22-18(14-7-8-14)26(20)6-3/h9-12,14H,4-8,13H2,1-3H3,(H,21,27)(H,23,28). The molecule has 0 atom stereocenters. The maximum Gasteiger partial charge on any atom is 0.269 e. The van der Waals surface area contributed by atoms with Gasteiger partial charge in [0, 0.05) is 36.8 Å². The van der Waals surface area contributed by atoms with Gasteiger partial charge in [0.2, 0.25) is 5.91 Å². The van der Waals surface area contributed by atoms with Crippen molar-refractivity contribution >= 4 is 29.3 Å². The van der Waals surface area contributed by atoms with Crippen LogP contribution in [0.3, 0.4) is 0 Å². The van der Waals surface area contributed by atoms with Gasteiger partial charge in [0.05, 0.1) is 5.75 Å². The summed E-state index contributed by atoms with van der Waals surface area (Å²) in [5.74, 6) is 1.04. The Hall–Kier alpha value is -2.55. The second-order valence-corrected chi connectivity index (χ2v) is 7.81. The number of carbonyl (C=O) groups excluding carboxylic acids is 2. The topological polar surface area (TPSA) is 92.2 Å². The van der Waals surface area contributed by atoms with Crippen molar-refractivity contribution in [1.29, 1.82) is 0 Å². The summed E-state index contributed by atoms with van der Waals surface area (Å²) in [6, 6.07) is 7.34. The van der Waals surface area contributed by atoms with Crippen LogP contribution >= 0.6 is 11.8 Å². The number of benzene rings is 1. The van der Waals surface area contributed by atoms with Crippen LogP contribution in [0.5, 0.6) is 0 Å². The quantitative estimate of drug-likeness (QED) is 0.482. The van der Waals surface area contributed by atoms with Gasteiger partial charge < -0.3 is 9.47 Å². The molecule has 1 aromatic heterocycles. The molecular weight excluding hydrogens is 388 g/mol. The normalized spacial score (nSPS) is 13.2. The van der Waals surface area contributed by atoms with Gasteiger partial charge in [-0.1, -0.05) is 11.8 Å². The van der Waals surface area contributed by atoms with Gasteiger partial charge in [0.25, 0.3) is 5.91 Å². The molecule has 2 N–H and O–H groups in total. The monoisotopic (exact) mass is 416 g/mol. The number of carbonyl (C=O) groups is 2. The van der Waals surface area contributed by atoms with E-state index in [4.69, 9.17) is 0 Å². The molecule has 1 fully saturated rings. The molecule has 2 aromatic rings. The lowest BCUT2D eigenvalue weighted by atomic mass is 10.2. The number of rotatable bonds is 9. The van der Waals surface area contributed by atoms with Gasteiger partial charge >= 0.3 is 0 Å². The first-order valence-corrected chi connectivity index (χ1v) is 11.1. The van der Waals surface area contributed by atoms with Gasteiger partial charge in [-0.25, -0.2) is 0 Å². The molecule has 0 radical (unpaired) electrons. The molecule has 0 aliphatic heterocycles. The Morgan fingerprint density at radius 2 is 1.79 bits per heavy atom. The van der Waals surface area contributed by atoms with E-state index in [0.29, 0.717) is 11.5 Å². The van der Waals surface area contributed by atoms with Crippen molar-refractivity contribution in [3.05, 3.63) is 35.7 Å². The van der Waals surface area contributed by atoms with E-state index in [0.717, 1.165) is 49.1 Å². The second-order valence-electron chi connectivity index (χ2n) is 6.87. The zero-order chi connectivity index (χ0) is 20.8. The van der Waals surface area contributed by atoms with Crippen LogP contribution in [-0.2, 0) is 11.3 Å². The van der Waals surface area contributed by atoms with Crippen molar-refractivity contribution in [3.8, 4) is 0 Å². The average Bonchev–Trinajstić information content (AvgIpc) is 3.51. The van der Waals surface area contributed by atoms with E-state index >= 15 is 0 Å². The van der Waals surface area contributed by atoms with E-state index in [1.54, 1.807) is 12.1 Å². The summed E-state index contributed by atoms with van der Waals surface area (Å²) in [5.41, 5.74) is 6.49. The Kier molecular flexibility index (Phi) is 7.13. The summed E-state index contributed by atoms with van der Waals surface area (Å²) in [6.07, 6.45) is 2.32. The number of aromatic nitrogens is 3. The Labute approximate surface area is 175 Å². The molecule has 1 aromatic carbocycles. The average molecular weight is 417 g/mol. The number of hydrogen-bond donors (Lipinski definition) is 2. The number of nitrogens with one attached hydrogen (secondary N) is 2. The molecule has 0 bridgehead atoms. The maximum atomic E-state index is 12.3. The summed E-state index contributed by atoms with van der Waals surface area (Å²) < 4.78 is 2.06. The minimum atomic E-state index is -0.345. The van der Waals surface area contributed by atoms with Crippen LogP contribution in [0.2, 0.25) is 0 Å². The van der Waals surface area contributed by atoms with Gasteiger partial charge in [-0.3, -0.25) is 20.4 Å². The Bertz CT molecular complexity index is 843. The lowest BCUT2D eigenvalue weighted by molar-refractivity contribution is -0.119. The number of hydrazine groups is 1. The highest BCUT2D eigenvalue weighted by molar-refractivity contribution is 7.99. The van der Waals surface area contributed by atoms with E-state index in [9.17, 15) is 9.59 Å². The number of anilines is 1. The Morgan fingerprint density at radius 1 is 1.10 bits per heavy atom. The first-order chi connectivity index (χ1) is 14.1. The fraction of sp³-hybridized carbons (Fsp3) is 0.500. The Balaban J connectivity index is 1.47. The first-order valence-electron chi connectivity index (χ1n) is 10.1. The van der Waals surface area contributed by atoms with Gasteiger partial charge in [-0.05, 0) is 57.9 Å². The molecule has 0 spiro atoms. The highest BCUT2D eigenvalue weighted by atomic mass is 32.2. The third-order valence-corrected chi connectivity index (χ3v) is 5.88. The molecule has 1 aliphatic carbocycles. The van der Waals surface area contributed by atoms with E-state index < -0.39 is 0 Å². The van der Waals surface area contributed by atoms with E-state index in [2.05, 4.69) is 44.4 Å². The number of hydrogen-bond acceptors (Lipinski definition) is 6. The van der Waals surface area contributed by atoms with Crippen molar-refractivity contribution in [2.75, 3.05) is 23.7 Å². The number of nitrogens with zero attached hydrogens (tertiary/aromatic N) is 4. The van der Waals surface area contributed by atoms with Crippen molar-refractivity contribution in [2.45, 2.75) is 51.2 Å². The molecule has 0 saturated heterocycles. The largest absolute Gasteiger partial charge is 0.372 e. The number of amides is 2. The molecule has 29 heavy (non-hydrogen) atoms. The molecule has 1 aliphatic rings. The molecule has 8 nitrogen and oxygen atoms in total. The first kappa shape index (κ1) is 21.2. The van der Waals surface area contributed by atoms with Crippen LogP contribution in [0.1, 0.15) is 55.7 Å². The lowest BCUT2D eigenvalue weighted by Gasteiger charge is -2.21. The SMILES string of the molecule is CCN(CC)c1ccc(C(=O)NNC(=O)CSc2nnc(C3CC3)n2CC)cc1. The van der Waals surface area contributed by atoms with Crippen molar-refractivity contribution in [3.63, 3.8) is 0 Å². The third-order valence-electron chi connectivity index (χ3n) is 4.91. The van der Waals surface area contributed by atoms with Crippen LogP contribution in [0.25, 0.3) is 0 Å². The van der Waals surface area contributed by atoms with E-state index in [1.807, 2.05) is 19.1 Å². The lowest BCUT2D eigenvalue weighted by Crippen LogP contribution is -2.42. The smallest absolute Gasteiger partial charge is 0.269 e. The summed E-state index contributed by atoms with van der Waals surface area (Å²) in [7, 11) is 0. The predicted octanol–water partition coefficient (Wildman–Crippen LogP) is 2.57. The molecule has 3 rings (SSSR count). The van der Waals surface area contributed by atoms with Gasteiger partial charge in [-0.15, -0.1) is 10.2 Å². The van der Waals surface area contributed by atoms with Crippen molar-refractivity contribution < 1.29 is 9.59 Å². The molecule has 9 heteroatoms. The second kappa shape index (κ2) is 9.78. The molecule has 1 saturated carbocycles. The highest BCUT2D eigenvalue weighted by Crippen LogP contribution is 2.39. The van der Waals surface area contributed by atoms with Crippen LogP contribution in [0.15, 0.2) is 29.4 Å². The van der Waals surface area contributed by atoms with Crippen LogP contribution in [0.4, 0.5) is 5.69 Å². The van der Waals surface area contributed by atoms with Gasteiger partial charge in [0.15, 0.2) is 5.16 Å². The summed E-state index contributed by atoms with van der Waals surface area (Å²) in [4.78, 5) is 26.6. The van der Waals surface area contributed by atoms with Crippen LogP contribution < -0.4 is 15.8 Å². The molecular formula is C20H28N6O2S. The maximum absolute atomic E-state index is 12.3. The summed E-state index contributed by atoms with van der Waals surface area (Å²) >= 11 is 1.32. The fourth-order valence-corrected chi connectivity index (χ4v) is 3.93. The van der Waals surface area contributed by atoms with Gasteiger partial charge in [-0.2, -0.15) is 0 Å². The van der Waals surface area contributed by atoms with E-state index in [1.165, 1.54) is 11.8 Å².